The summed E-state index contributed by atoms with van der Waals surface area (Å²) < 4.78 is 31.9. The second-order valence-electron chi connectivity index (χ2n) is 6.76. The third-order valence-electron chi connectivity index (χ3n) is 5.10. The summed E-state index contributed by atoms with van der Waals surface area (Å²) in [5, 5.41) is 0. The van der Waals surface area contributed by atoms with Crippen LogP contribution < -0.4 is 9.64 Å². The Hall–Kier alpha value is -1.75. The summed E-state index contributed by atoms with van der Waals surface area (Å²) in [4.78, 5) is 3.28. The second-order valence-corrected chi connectivity index (χ2v) is 7.75. The minimum absolute atomic E-state index is 0.0405. The molecule has 2 aromatic carbocycles. The van der Waals surface area contributed by atoms with Gasteiger partial charge in [-0.3, -0.25) is 0 Å². The standard InChI is InChI=1S/C19H17F2NOS/c20-19(21)9-15(19)10-22-11-24-18-8-13(1-3-16(18)22)12-2-4-17-14(7-12)5-6-23-17/h1-4,7-8,15H,5-6,9-11H2. The quantitative estimate of drug-likeness (QED) is 0.792. The number of anilines is 1. The van der Waals surface area contributed by atoms with E-state index in [1.807, 2.05) is 6.07 Å². The highest BCUT2D eigenvalue weighted by atomic mass is 32.2. The molecule has 2 aromatic rings. The van der Waals surface area contributed by atoms with Gasteiger partial charge in [0.15, 0.2) is 0 Å². The molecule has 1 saturated carbocycles. The van der Waals surface area contributed by atoms with Crippen molar-refractivity contribution in [1.29, 1.82) is 0 Å². The van der Waals surface area contributed by atoms with Crippen LogP contribution >= 0.6 is 11.8 Å². The molecule has 0 bridgehead atoms. The molecule has 2 heterocycles. The van der Waals surface area contributed by atoms with E-state index in [1.165, 1.54) is 21.6 Å². The van der Waals surface area contributed by atoms with Crippen molar-refractivity contribution in [3.05, 3.63) is 42.0 Å². The lowest BCUT2D eigenvalue weighted by Gasteiger charge is -2.18. The van der Waals surface area contributed by atoms with Gasteiger partial charge >= 0.3 is 0 Å². The molecule has 2 aliphatic heterocycles. The highest BCUT2D eigenvalue weighted by Crippen LogP contribution is 2.51. The number of hydrogen-bond donors (Lipinski definition) is 0. The van der Waals surface area contributed by atoms with Crippen LogP contribution in [0, 0.1) is 5.92 Å². The summed E-state index contributed by atoms with van der Waals surface area (Å²) in [6.07, 6.45) is 1.00. The van der Waals surface area contributed by atoms with Crippen LogP contribution in [-0.2, 0) is 6.42 Å². The minimum Gasteiger partial charge on any atom is -0.493 e. The average Bonchev–Trinajstić information content (AvgIpc) is 2.98. The molecule has 1 aliphatic carbocycles. The van der Waals surface area contributed by atoms with Crippen molar-refractivity contribution in [3.8, 4) is 16.9 Å². The van der Waals surface area contributed by atoms with E-state index >= 15 is 0 Å². The summed E-state index contributed by atoms with van der Waals surface area (Å²) in [7, 11) is 0. The van der Waals surface area contributed by atoms with E-state index in [-0.39, 0.29) is 6.42 Å². The largest absolute Gasteiger partial charge is 0.493 e. The molecule has 0 aromatic heterocycles. The van der Waals surface area contributed by atoms with Crippen molar-refractivity contribution >= 4 is 17.4 Å². The van der Waals surface area contributed by atoms with Gasteiger partial charge in [-0.15, -0.1) is 11.8 Å². The maximum Gasteiger partial charge on any atom is 0.253 e. The lowest BCUT2D eigenvalue weighted by molar-refractivity contribution is 0.100. The van der Waals surface area contributed by atoms with Crippen LogP contribution in [0.2, 0.25) is 0 Å². The number of rotatable bonds is 3. The highest BCUT2D eigenvalue weighted by molar-refractivity contribution is 7.99. The van der Waals surface area contributed by atoms with Gasteiger partial charge in [-0.25, -0.2) is 8.78 Å². The average molecular weight is 345 g/mol. The van der Waals surface area contributed by atoms with E-state index in [9.17, 15) is 8.78 Å². The van der Waals surface area contributed by atoms with Crippen LogP contribution in [-0.4, -0.2) is 25.0 Å². The fourth-order valence-corrected chi connectivity index (χ4v) is 4.63. The third kappa shape index (κ3) is 2.37. The number of benzene rings is 2. The molecular weight excluding hydrogens is 328 g/mol. The Balaban J connectivity index is 1.41. The van der Waals surface area contributed by atoms with E-state index in [0.29, 0.717) is 6.54 Å². The molecule has 1 unspecified atom stereocenters. The molecule has 0 N–H and O–H groups in total. The molecule has 1 atom stereocenters. The molecule has 1 fully saturated rings. The molecule has 0 spiro atoms. The highest BCUT2D eigenvalue weighted by Gasteiger charge is 2.57. The van der Waals surface area contributed by atoms with Gasteiger partial charge < -0.3 is 9.64 Å². The number of nitrogens with zero attached hydrogens (tertiary/aromatic N) is 1. The van der Waals surface area contributed by atoms with Crippen LogP contribution in [0.4, 0.5) is 14.5 Å². The van der Waals surface area contributed by atoms with Gasteiger partial charge in [-0.1, -0.05) is 12.1 Å². The zero-order chi connectivity index (χ0) is 16.3. The van der Waals surface area contributed by atoms with Gasteiger partial charge in [-0.05, 0) is 41.0 Å². The lowest BCUT2D eigenvalue weighted by atomic mass is 10.0. The molecule has 0 amide bonds. The molecule has 5 heteroatoms. The van der Waals surface area contributed by atoms with E-state index in [0.717, 1.165) is 30.3 Å². The monoisotopic (exact) mass is 345 g/mol. The number of fused-ring (bicyclic) bond motifs is 2. The summed E-state index contributed by atoms with van der Waals surface area (Å²) in [6.45, 7) is 1.22. The van der Waals surface area contributed by atoms with Crippen LogP contribution in [0.5, 0.6) is 5.75 Å². The molecule has 3 aliphatic rings. The predicted octanol–water partition coefficient (Wildman–Crippen LogP) is 4.81. The van der Waals surface area contributed by atoms with Crippen LogP contribution in [0.3, 0.4) is 0 Å². The van der Waals surface area contributed by atoms with E-state index in [4.69, 9.17) is 4.74 Å². The van der Waals surface area contributed by atoms with Crippen molar-refractivity contribution in [2.75, 3.05) is 23.9 Å². The Kier molecular flexibility index (Phi) is 3.11. The number of thioether (sulfide) groups is 1. The van der Waals surface area contributed by atoms with Gasteiger partial charge in [0.25, 0.3) is 5.92 Å². The summed E-state index contributed by atoms with van der Waals surface area (Å²) in [6, 6.07) is 12.7. The van der Waals surface area contributed by atoms with E-state index in [2.05, 4.69) is 35.2 Å². The van der Waals surface area contributed by atoms with Crippen LogP contribution in [0.25, 0.3) is 11.1 Å². The Bertz CT molecular complexity index is 823. The van der Waals surface area contributed by atoms with Gasteiger partial charge in [-0.2, -0.15) is 0 Å². The topological polar surface area (TPSA) is 12.5 Å². The summed E-state index contributed by atoms with van der Waals surface area (Å²) in [5.41, 5.74) is 4.72. The molecule has 5 rings (SSSR count). The first kappa shape index (κ1) is 14.6. The summed E-state index contributed by atoms with van der Waals surface area (Å²) >= 11 is 1.74. The summed E-state index contributed by atoms with van der Waals surface area (Å²) in [5.74, 6) is -1.16. The van der Waals surface area contributed by atoms with Crippen LogP contribution in [0.15, 0.2) is 41.3 Å². The van der Waals surface area contributed by atoms with Crippen molar-refractivity contribution in [2.45, 2.75) is 23.7 Å². The maximum atomic E-state index is 13.2. The van der Waals surface area contributed by atoms with Gasteiger partial charge in [0.1, 0.15) is 5.75 Å². The Morgan fingerprint density at radius 3 is 2.79 bits per heavy atom. The SMILES string of the molecule is FC1(F)CC1CN1CSc2cc(-c3ccc4c(c3)CCO4)ccc21. The predicted molar refractivity (Wildman–Crippen MR) is 92.2 cm³/mol. The van der Waals surface area contributed by atoms with Crippen molar-refractivity contribution in [1.82, 2.24) is 0 Å². The lowest BCUT2D eigenvalue weighted by Crippen LogP contribution is -2.23. The molecule has 0 radical (unpaired) electrons. The van der Waals surface area contributed by atoms with Crippen LogP contribution in [0.1, 0.15) is 12.0 Å². The molecule has 24 heavy (non-hydrogen) atoms. The van der Waals surface area contributed by atoms with Crippen molar-refractivity contribution < 1.29 is 13.5 Å². The molecular formula is C19H17F2NOS. The van der Waals surface area contributed by atoms with Gasteiger partial charge in [0, 0.05) is 30.2 Å². The Morgan fingerprint density at radius 2 is 1.96 bits per heavy atom. The molecule has 0 saturated heterocycles. The number of ether oxygens (including phenoxy) is 1. The minimum atomic E-state index is -2.44. The van der Waals surface area contributed by atoms with Gasteiger partial charge in [0.2, 0.25) is 0 Å². The third-order valence-corrected chi connectivity index (χ3v) is 6.17. The van der Waals surface area contributed by atoms with E-state index in [1.54, 1.807) is 11.8 Å². The molecule has 2 nitrogen and oxygen atoms in total. The van der Waals surface area contributed by atoms with Gasteiger partial charge in [0.05, 0.1) is 18.2 Å². The first-order valence-corrected chi connectivity index (χ1v) is 9.24. The fraction of sp³-hybridized carbons (Fsp3) is 0.368. The first-order chi connectivity index (χ1) is 11.6. The Labute approximate surface area is 143 Å². The Morgan fingerprint density at radius 1 is 1.17 bits per heavy atom. The normalized spacial score (nSPS) is 22.9. The van der Waals surface area contributed by atoms with E-state index < -0.39 is 11.8 Å². The number of alkyl halides is 2. The first-order valence-electron chi connectivity index (χ1n) is 8.26. The van der Waals surface area contributed by atoms with Crippen molar-refractivity contribution in [3.63, 3.8) is 0 Å². The smallest absolute Gasteiger partial charge is 0.253 e. The zero-order valence-corrected chi connectivity index (χ0v) is 13.9. The number of hydrogen-bond acceptors (Lipinski definition) is 3. The molecule has 124 valence electrons. The van der Waals surface area contributed by atoms with Crippen molar-refractivity contribution in [2.24, 2.45) is 5.92 Å². The second kappa shape index (κ2) is 5.12. The zero-order valence-electron chi connectivity index (χ0n) is 13.1. The fourth-order valence-electron chi connectivity index (χ4n) is 3.54. The number of halogens is 2. The maximum absolute atomic E-state index is 13.2.